The van der Waals surface area contributed by atoms with Crippen LogP contribution >= 0.6 is 11.6 Å². The van der Waals surface area contributed by atoms with Crippen LogP contribution in [0.4, 0.5) is 5.69 Å². The van der Waals surface area contributed by atoms with Crippen LogP contribution in [0.2, 0.25) is 5.02 Å². The number of sulfonamides is 1. The van der Waals surface area contributed by atoms with Gasteiger partial charge in [0.15, 0.2) is 0 Å². The summed E-state index contributed by atoms with van der Waals surface area (Å²) in [5.74, 6) is -0.413. The summed E-state index contributed by atoms with van der Waals surface area (Å²) >= 11 is 5.95. The third-order valence-electron chi connectivity index (χ3n) is 3.97. The molecule has 1 fully saturated rings. The average molecular weight is 345 g/mol. The number of piperidine rings is 1. The number of halogens is 1. The quantitative estimate of drug-likeness (QED) is 0.913. The molecule has 1 saturated heterocycles. The van der Waals surface area contributed by atoms with E-state index in [1.165, 1.54) is 4.31 Å². The van der Waals surface area contributed by atoms with Crippen molar-refractivity contribution < 1.29 is 13.2 Å². The summed E-state index contributed by atoms with van der Waals surface area (Å²) in [4.78, 5) is 12.4. The van der Waals surface area contributed by atoms with Gasteiger partial charge in [-0.1, -0.05) is 17.7 Å². The Balaban J connectivity index is 2.08. The van der Waals surface area contributed by atoms with Crippen LogP contribution in [0.5, 0.6) is 0 Å². The molecular formula is C15H21ClN2O3S. The van der Waals surface area contributed by atoms with Gasteiger partial charge in [0, 0.05) is 23.8 Å². The van der Waals surface area contributed by atoms with E-state index in [0.29, 0.717) is 30.1 Å². The molecule has 1 aliphatic rings. The first-order chi connectivity index (χ1) is 10.3. The van der Waals surface area contributed by atoms with Crippen molar-refractivity contribution >= 4 is 33.2 Å². The Labute approximate surface area is 136 Å². The van der Waals surface area contributed by atoms with Gasteiger partial charge in [-0.2, -0.15) is 0 Å². The summed E-state index contributed by atoms with van der Waals surface area (Å²) in [6, 6.07) is 5.31. The smallest absolute Gasteiger partial charge is 0.228 e. The van der Waals surface area contributed by atoms with Crippen LogP contribution in [-0.2, 0) is 14.8 Å². The Kier molecular flexibility index (Phi) is 5.47. The Morgan fingerprint density at radius 3 is 2.86 bits per heavy atom. The second kappa shape index (κ2) is 6.98. The van der Waals surface area contributed by atoms with Crippen molar-refractivity contribution in [2.45, 2.75) is 26.7 Å². The lowest BCUT2D eigenvalue weighted by Crippen LogP contribution is -2.44. The summed E-state index contributed by atoms with van der Waals surface area (Å²) in [5, 5.41) is 3.42. The highest BCUT2D eigenvalue weighted by Gasteiger charge is 2.31. The van der Waals surface area contributed by atoms with Gasteiger partial charge in [0.1, 0.15) is 0 Å². The second-order valence-corrected chi connectivity index (χ2v) is 8.24. The molecule has 1 aromatic carbocycles. The molecule has 0 saturated carbocycles. The highest BCUT2D eigenvalue weighted by molar-refractivity contribution is 7.89. The van der Waals surface area contributed by atoms with E-state index in [0.717, 1.165) is 5.56 Å². The number of nitrogens with one attached hydrogen (secondary N) is 1. The number of carbonyl (C=O) groups excluding carboxylic acids is 1. The number of rotatable bonds is 4. The molecule has 0 bridgehead atoms. The van der Waals surface area contributed by atoms with Crippen LogP contribution in [0, 0.1) is 12.8 Å². The number of carbonyl (C=O) groups is 1. The maximum Gasteiger partial charge on any atom is 0.228 e. The molecule has 0 radical (unpaired) electrons. The first-order valence-corrected chi connectivity index (χ1v) is 9.37. The zero-order chi connectivity index (χ0) is 16.3. The van der Waals surface area contributed by atoms with Crippen molar-refractivity contribution in [3.05, 3.63) is 28.8 Å². The molecule has 0 aliphatic carbocycles. The number of amides is 1. The predicted octanol–water partition coefficient (Wildman–Crippen LogP) is 2.65. The van der Waals surface area contributed by atoms with Gasteiger partial charge in [0.2, 0.25) is 15.9 Å². The van der Waals surface area contributed by atoms with Crippen LogP contribution in [0.1, 0.15) is 25.3 Å². The van der Waals surface area contributed by atoms with E-state index in [1.807, 2.05) is 13.0 Å². The molecule has 0 aromatic heterocycles. The van der Waals surface area contributed by atoms with Crippen molar-refractivity contribution in [3.8, 4) is 0 Å². The van der Waals surface area contributed by atoms with E-state index in [-0.39, 0.29) is 24.1 Å². The minimum absolute atomic E-state index is 0.0642. The fourth-order valence-corrected chi connectivity index (χ4v) is 3.91. The van der Waals surface area contributed by atoms with Crippen LogP contribution in [0.15, 0.2) is 18.2 Å². The van der Waals surface area contributed by atoms with Gasteiger partial charge in [0.25, 0.3) is 0 Å². The maximum atomic E-state index is 12.4. The largest absolute Gasteiger partial charge is 0.326 e. The molecule has 0 spiro atoms. The van der Waals surface area contributed by atoms with Gasteiger partial charge < -0.3 is 5.32 Å². The molecule has 2 rings (SSSR count). The van der Waals surface area contributed by atoms with E-state index in [2.05, 4.69) is 5.32 Å². The molecular weight excluding hydrogens is 324 g/mol. The van der Waals surface area contributed by atoms with Gasteiger partial charge in [-0.15, -0.1) is 0 Å². The van der Waals surface area contributed by atoms with E-state index in [9.17, 15) is 13.2 Å². The highest BCUT2D eigenvalue weighted by atomic mass is 35.5. The predicted molar refractivity (Wildman–Crippen MR) is 88.6 cm³/mol. The van der Waals surface area contributed by atoms with Crippen molar-refractivity contribution in [3.63, 3.8) is 0 Å². The topological polar surface area (TPSA) is 66.5 Å². The van der Waals surface area contributed by atoms with Gasteiger partial charge in [-0.05, 0) is 44.4 Å². The third-order valence-corrected chi connectivity index (χ3v) is 6.05. The summed E-state index contributed by atoms with van der Waals surface area (Å²) < 4.78 is 25.3. The van der Waals surface area contributed by atoms with Gasteiger partial charge in [0.05, 0.1) is 11.7 Å². The molecule has 1 N–H and O–H groups in total. The lowest BCUT2D eigenvalue weighted by molar-refractivity contribution is -0.120. The van der Waals surface area contributed by atoms with E-state index < -0.39 is 10.0 Å². The molecule has 1 atom stereocenters. The Bertz CT molecular complexity index is 661. The normalized spacial score (nSPS) is 19.9. The Hall–Kier alpha value is -1.11. The molecule has 0 unspecified atom stereocenters. The van der Waals surface area contributed by atoms with E-state index in [4.69, 9.17) is 11.6 Å². The standard InChI is InChI=1S/C15H21ClN2O3S/c1-3-22(20,21)18-8-4-5-12(10-18)15(19)17-14-9-13(16)7-6-11(14)2/h6-7,9,12H,3-5,8,10H2,1-2H3,(H,17,19)/t12-/m0/s1. The molecule has 1 aromatic rings. The van der Waals surface area contributed by atoms with Gasteiger partial charge in [-0.3, -0.25) is 4.79 Å². The van der Waals surface area contributed by atoms with Gasteiger partial charge in [-0.25, -0.2) is 12.7 Å². The Morgan fingerprint density at radius 1 is 1.45 bits per heavy atom. The first-order valence-electron chi connectivity index (χ1n) is 7.38. The van der Waals surface area contributed by atoms with E-state index >= 15 is 0 Å². The molecule has 1 aliphatic heterocycles. The zero-order valence-electron chi connectivity index (χ0n) is 12.8. The summed E-state index contributed by atoms with van der Waals surface area (Å²) in [6.07, 6.45) is 1.40. The number of anilines is 1. The lowest BCUT2D eigenvalue weighted by Gasteiger charge is -2.31. The number of benzene rings is 1. The molecule has 7 heteroatoms. The fourth-order valence-electron chi connectivity index (χ4n) is 2.56. The van der Waals surface area contributed by atoms with Crippen LogP contribution in [-0.4, -0.2) is 37.5 Å². The highest BCUT2D eigenvalue weighted by Crippen LogP contribution is 2.24. The second-order valence-electron chi connectivity index (χ2n) is 5.55. The lowest BCUT2D eigenvalue weighted by atomic mass is 9.98. The van der Waals surface area contributed by atoms with E-state index in [1.54, 1.807) is 19.1 Å². The summed E-state index contributed by atoms with van der Waals surface area (Å²) in [6.45, 7) is 4.26. The van der Waals surface area contributed by atoms with Crippen molar-refractivity contribution in [1.29, 1.82) is 0 Å². The number of nitrogens with zero attached hydrogens (tertiary/aromatic N) is 1. The molecule has 122 valence electrons. The Morgan fingerprint density at radius 2 is 2.18 bits per heavy atom. The fraction of sp³-hybridized carbons (Fsp3) is 0.533. The third kappa shape index (κ3) is 4.00. The summed E-state index contributed by atoms with van der Waals surface area (Å²) in [7, 11) is -3.24. The molecule has 5 nitrogen and oxygen atoms in total. The monoisotopic (exact) mass is 344 g/mol. The molecule has 1 amide bonds. The molecule has 22 heavy (non-hydrogen) atoms. The minimum Gasteiger partial charge on any atom is -0.326 e. The number of hydrogen-bond acceptors (Lipinski definition) is 3. The zero-order valence-corrected chi connectivity index (χ0v) is 14.4. The van der Waals surface area contributed by atoms with Crippen molar-refractivity contribution in [2.24, 2.45) is 5.92 Å². The molecule has 1 heterocycles. The van der Waals surface area contributed by atoms with Crippen LogP contribution < -0.4 is 5.32 Å². The number of aryl methyl sites for hydroxylation is 1. The average Bonchev–Trinajstić information content (AvgIpc) is 2.51. The van der Waals surface area contributed by atoms with Crippen LogP contribution in [0.25, 0.3) is 0 Å². The van der Waals surface area contributed by atoms with Crippen molar-refractivity contribution in [2.75, 3.05) is 24.2 Å². The minimum atomic E-state index is -3.24. The van der Waals surface area contributed by atoms with Gasteiger partial charge >= 0.3 is 0 Å². The number of hydrogen-bond donors (Lipinski definition) is 1. The summed E-state index contributed by atoms with van der Waals surface area (Å²) in [5.41, 5.74) is 1.60. The maximum absolute atomic E-state index is 12.4. The SMILES string of the molecule is CCS(=O)(=O)N1CCC[C@H](C(=O)Nc2cc(Cl)ccc2C)C1. The van der Waals surface area contributed by atoms with Crippen LogP contribution in [0.3, 0.4) is 0 Å². The first kappa shape index (κ1) is 17.2. The van der Waals surface area contributed by atoms with Crippen molar-refractivity contribution in [1.82, 2.24) is 4.31 Å².